The van der Waals surface area contributed by atoms with E-state index in [-0.39, 0.29) is 46.8 Å². The molecule has 0 aromatic carbocycles. The predicted octanol–water partition coefficient (Wildman–Crippen LogP) is 1.53. The Morgan fingerprint density at radius 2 is 2.21 bits per heavy atom. The van der Waals surface area contributed by atoms with E-state index < -0.39 is 22.3 Å². The summed E-state index contributed by atoms with van der Waals surface area (Å²) in [6.07, 6.45) is 4.26. The molecule has 1 aliphatic carbocycles. The summed E-state index contributed by atoms with van der Waals surface area (Å²) in [5.74, 6) is 0.0483. The maximum Gasteiger partial charge on any atom is 0.333 e. The molecular formula is C20H23ClN6O6S. The lowest BCUT2D eigenvalue weighted by atomic mass is 10.1. The van der Waals surface area contributed by atoms with Crippen LogP contribution in [0.5, 0.6) is 0 Å². The predicted molar refractivity (Wildman–Crippen MR) is 120 cm³/mol. The minimum Gasteiger partial charge on any atom is -0.447 e. The van der Waals surface area contributed by atoms with Gasteiger partial charge in [-0.25, -0.2) is 15.1 Å². The molecule has 3 heterocycles. The first kappa shape index (κ1) is 24.3. The molecule has 4 N–H and O–H groups in total. The molecule has 14 heteroatoms. The van der Waals surface area contributed by atoms with Crippen molar-refractivity contribution < 1.29 is 26.9 Å². The van der Waals surface area contributed by atoms with Gasteiger partial charge in [0, 0.05) is 24.4 Å². The summed E-state index contributed by atoms with van der Waals surface area (Å²) >= 11 is 5.84. The summed E-state index contributed by atoms with van der Waals surface area (Å²) in [6.45, 7) is 1.63. The lowest BCUT2D eigenvalue weighted by Crippen LogP contribution is -2.24. The first-order valence-corrected chi connectivity index (χ1v) is 12.2. The van der Waals surface area contributed by atoms with Gasteiger partial charge in [-0.15, -0.1) is 0 Å². The number of aliphatic hydroxyl groups excluding tert-OH is 1. The van der Waals surface area contributed by atoms with Crippen LogP contribution >= 0.6 is 11.6 Å². The van der Waals surface area contributed by atoms with Gasteiger partial charge in [0.05, 0.1) is 18.3 Å². The van der Waals surface area contributed by atoms with Gasteiger partial charge in [-0.1, -0.05) is 0 Å². The molecule has 0 unspecified atom stereocenters. The lowest BCUT2D eigenvalue weighted by Gasteiger charge is -2.15. The third-order valence-corrected chi connectivity index (χ3v) is 6.31. The van der Waals surface area contributed by atoms with Crippen molar-refractivity contribution >= 4 is 33.5 Å². The number of nitrogens with zero attached hydrogens (tertiary/aromatic N) is 4. The van der Waals surface area contributed by atoms with E-state index in [1.165, 1.54) is 12.5 Å². The van der Waals surface area contributed by atoms with Gasteiger partial charge < -0.3 is 14.8 Å². The van der Waals surface area contributed by atoms with Crippen molar-refractivity contribution in [2.75, 3.05) is 11.9 Å². The molecule has 0 amide bonds. The number of nitrogens with one attached hydrogen (secondary N) is 1. The third kappa shape index (κ3) is 5.62. The Morgan fingerprint density at radius 1 is 1.41 bits per heavy atom. The van der Waals surface area contributed by atoms with Crippen LogP contribution in [-0.2, 0) is 14.5 Å². The Hall–Kier alpha value is -2.84. The van der Waals surface area contributed by atoms with E-state index in [4.69, 9.17) is 21.2 Å². The molecule has 4 atom stereocenters. The first-order valence-electron chi connectivity index (χ1n) is 10.4. The Kier molecular flexibility index (Phi) is 7.00. The number of anilines is 1. The van der Waals surface area contributed by atoms with E-state index in [9.17, 15) is 18.3 Å². The second-order valence-electron chi connectivity index (χ2n) is 8.03. The molecule has 0 bridgehead atoms. The van der Waals surface area contributed by atoms with Crippen LogP contribution in [0.2, 0.25) is 5.22 Å². The summed E-state index contributed by atoms with van der Waals surface area (Å²) in [5, 5.41) is 22.9. The van der Waals surface area contributed by atoms with E-state index >= 15 is 0 Å². The number of hydrogen-bond acceptors (Lipinski definition) is 10. The largest absolute Gasteiger partial charge is 0.447 e. The number of carbonyl (C=O) groups is 1. The standard InChI is InChI=1S/C20H23ClN6O6S/c1-11(17-2-3-18(21)33-17)27-5-4-15(26-27)19(29)14-8-23-10-24-20(14)25-13-6-12(16(28)7-13)9-32-34(22,30)31/h2-5,8,10-13,16,28H,6-7,9H2,1H3,(H2,22,30,31)(H,23,24,25)/t11-,12+,13+,16-/m0/s1. The number of rotatable bonds is 9. The molecule has 1 saturated carbocycles. The van der Waals surface area contributed by atoms with E-state index in [0.29, 0.717) is 18.6 Å². The van der Waals surface area contributed by atoms with Crippen molar-refractivity contribution in [1.29, 1.82) is 0 Å². The van der Waals surface area contributed by atoms with Crippen molar-refractivity contribution in [2.45, 2.75) is 38.0 Å². The summed E-state index contributed by atoms with van der Waals surface area (Å²) < 4.78 is 33.7. The van der Waals surface area contributed by atoms with Crippen LogP contribution in [0, 0.1) is 5.92 Å². The molecule has 34 heavy (non-hydrogen) atoms. The zero-order valence-corrected chi connectivity index (χ0v) is 19.6. The van der Waals surface area contributed by atoms with Gasteiger partial charge in [0.1, 0.15) is 29.6 Å². The molecule has 1 aliphatic rings. The molecule has 12 nitrogen and oxygen atoms in total. The highest BCUT2D eigenvalue weighted by atomic mass is 35.5. The number of halogens is 1. The number of nitrogens with two attached hydrogens (primary N) is 1. The number of aromatic nitrogens is 4. The molecular weight excluding hydrogens is 488 g/mol. The maximum absolute atomic E-state index is 13.2. The topological polar surface area (TPSA) is 175 Å². The van der Waals surface area contributed by atoms with Gasteiger partial charge in [-0.3, -0.25) is 13.7 Å². The van der Waals surface area contributed by atoms with Gasteiger partial charge in [0.25, 0.3) is 0 Å². The van der Waals surface area contributed by atoms with Crippen LogP contribution in [-0.4, -0.2) is 57.8 Å². The Labute approximate surface area is 200 Å². The minimum atomic E-state index is -4.10. The number of furan rings is 1. The summed E-state index contributed by atoms with van der Waals surface area (Å²) in [5.41, 5.74) is 0.397. The monoisotopic (exact) mass is 510 g/mol. The van der Waals surface area contributed by atoms with Gasteiger partial charge in [-0.05, 0) is 49.6 Å². The van der Waals surface area contributed by atoms with Crippen LogP contribution in [0.1, 0.15) is 47.6 Å². The van der Waals surface area contributed by atoms with E-state index in [0.717, 1.165) is 0 Å². The molecule has 3 aromatic heterocycles. The van der Waals surface area contributed by atoms with E-state index in [1.54, 1.807) is 29.1 Å². The average Bonchev–Trinajstić information content (AvgIpc) is 3.51. The highest BCUT2D eigenvalue weighted by Gasteiger charge is 2.35. The first-order chi connectivity index (χ1) is 16.1. The van der Waals surface area contributed by atoms with Crippen molar-refractivity contribution in [3.63, 3.8) is 0 Å². The van der Waals surface area contributed by atoms with E-state index in [1.807, 2.05) is 6.92 Å². The quantitative estimate of drug-likeness (QED) is 0.358. The summed E-state index contributed by atoms with van der Waals surface area (Å²) in [6, 6.07) is 4.40. The lowest BCUT2D eigenvalue weighted by molar-refractivity contribution is 0.101. The zero-order chi connectivity index (χ0) is 24.5. The van der Waals surface area contributed by atoms with Crippen LogP contribution in [0.3, 0.4) is 0 Å². The molecule has 0 aliphatic heterocycles. The SMILES string of the molecule is C[C@@H](c1ccc(Cl)o1)n1ccc(C(=O)c2cncnc2N[C@@H]2C[C@H](COS(N)(=O)=O)[C@@H](O)C2)n1. The second kappa shape index (κ2) is 9.80. The molecule has 4 rings (SSSR count). The minimum absolute atomic E-state index is 0.188. The van der Waals surface area contributed by atoms with Crippen molar-refractivity contribution in [3.05, 3.63) is 59.2 Å². The normalized spacial score (nSPS) is 21.5. The average molecular weight is 511 g/mol. The molecule has 0 spiro atoms. The third-order valence-electron chi connectivity index (χ3n) is 5.65. The maximum atomic E-state index is 13.2. The number of aliphatic hydroxyl groups is 1. The van der Waals surface area contributed by atoms with Crippen molar-refractivity contribution in [3.8, 4) is 0 Å². The van der Waals surface area contributed by atoms with Gasteiger partial charge >= 0.3 is 10.3 Å². The number of ketones is 1. The summed E-state index contributed by atoms with van der Waals surface area (Å²) in [7, 11) is -4.10. The molecule has 1 fully saturated rings. The zero-order valence-electron chi connectivity index (χ0n) is 18.0. The molecule has 0 saturated heterocycles. The van der Waals surface area contributed by atoms with Crippen molar-refractivity contribution in [2.24, 2.45) is 11.1 Å². The Morgan fingerprint density at radius 3 is 2.91 bits per heavy atom. The highest BCUT2D eigenvalue weighted by Crippen LogP contribution is 2.30. The molecule has 0 radical (unpaired) electrons. The number of carbonyl (C=O) groups excluding carboxylic acids is 1. The van der Waals surface area contributed by atoms with Crippen LogP contribution in [0.25, 0.3) is 0 Å². The van der Waals surface area contributed by atoms with Gasteiger partial charge in [0.15, 0.2) is 5.22 Å². The fourth-order valence-electron chi connectivity index (χ4n) is 3.88. The van der Waals surface area contributed by atoms with Crippen LogP contribution < -0.4 is 10.5 Å². The fraction of sp³-hybridized carbons (Fsp3) is 0.400. The van der Waals surface area contributed by atoms with Gasteiger partial charge in [-0.2, -0.15) is 13.5 Å². The summed E-state index contributed by atoms with van der Waals surface area (Å²) in [4.78, 5) is 21.3. The highest BCUT2D eigenvalue weighted by molar-refractivity contribution is 7.84. The fourth-order valence-corrected chi connectivity index (χ4v) is 4.40. The smallest absolute Gasteiger partial charge is 0.333 e. The van der Waals surface area contributed by atoms with Crippen molar-refractivity contribution in [1.82, 2.24) is 19.7 Å². The molecule has 3 aromatic rings. The van der Waals surface area contributed by atoms with Crippen LogP contribution in [0.15, 0.2) is 41.3 Å². The number of hydrogen-bond donors (Lipinski definition) is 3. The second-order valence-corrected chi connectivity index (χ2v) is 9.62. The molecule has 182 valence electrons. The van der Waals surface area contributed by atoms with Crippen LogP contribution in [0.4, 0.5) is 5.82 Å². The van der Waals surface area contributed by atoms with Gasteiger partial charge in [0.2, 0.25) is 5.78 Å². The van der Waals surface area contributed by atoms with E-state index in [2.05, 4.69) is 24.6 Å². The Bertz CT molecular complexity index is 1280. The Balaban J connectivity index is 1.46.